The topological polar surface area (TPSA) is 43.4 Å². The van der Waals surface area contributed by atoms with Crippen LogP contribution in [-0.2, 0) is 4.79 Å². The summed E-state index contributed by atoms with van der Waals surface area (Å²) in [5.41, 5.74) is 1.46. The van der Waals surface area contributed by atoms with Gasteiger partial charge in [0.25, 0.3) is 0 Å². The van der Waals surface area contributed by atoms with Crippen molar-refractivity contribution in [3.8, 4) is 5.75 Å². The summed E-state index contributed by atoms with van der Waals surface area (Å²) in [4.78, 5) is 25.0. The van der Waals surface area contributed by atoms with Crippen LogP contribution in [0.15, 0.2) is 84.3 Å². The summed E-state index contributed by atoms with van der Waals surface area (Å²) in [6, 6.07) is 19.9. The third-order valence-corrected chi connectivity index (χ3v) is 4.35. The summed E-state index contributed by atoms with van der Waals surface area (Å²) in [5, 5.41) is 1.96. The number of hydrogen-bond acceptors (Lipinski definition) is 4. The van der Waals surface area contributed by atoms with Gasteiger partial charge in [0.1, 0.15) is 5.75 Å². The lowest BCUT2D eigenvalue weighted by Crippen LogP contribution is -2.04. The van der Waals surface area contributed by atoms with E-state index >= 15 is 0 Å². The predicted octanol–water partition coefficient (Wildman–Crippen LogP) is 5.26. The molecule has 4 heteroatoms. The van der Waals surface area contributed by atoms with Gasteiger partial charge in [0.2, 0.25) is 0 Å². The van der Waals surface area contributed by atoms with Crippen LogP contribution in [0.1, 0.15) is 20.8 Å². The van der Waals surface area contributed by atoms with Gasteiger partial charge in [-0.1, -0.05) is 36.4 Å². The number of ketones is 1. The molecule has 0 saturated carbocycles. The van der Waals surface area contributed by atoms with Crippen molar-refractivity contribution in [2.45, 2.75) is 0 Å². The molecule has 3 aromatic rings. The molecule has 0 radical (unpaired) electrons. The van der Waals surface area contributed by atoms with E-state index in [4.69, 9.17) is 4.74 Å². The minimum atomic E-state index is -0.467. The van der Waals surface area contributed by atoms with Gasteiger partial charge in [-0.15, -0.1) is 11.3 Å². The van der Waals surface area contributed by atoms with E-state index in [1.54, 1.807) is 47.8 Å². The van der Waals surface area contributed by atoms with Crippen LogP contribution in [0.25, 0.3) is 12.2 Å². The average Bonchev–Trinajstić information content (AvgIpc) is 3.19. The van der Waals surface area contributed by atoms with E-state index in [0.717, 1.165) is 10.4 Å². The summed E-state index contributed by atoms with van der Waals surface area (Å²) in [7, 11) is 0. The molecule has 0 amide bonds. The maximum absolute atomic E-state index is 12.1. The first-order valence-electron chi connectivity index (χ1n) is 8.02. The van der Waals surface area contributed by atoms with Gasteiger partial charge < -0.3 is 4.74 Å². The number of esters is 1. The molecule has 0 aliphatic rings. The Balaban J connectivity index is 1.58. The molecular formula is C22H16O3S. The third-order valence-electron chi connectivity index (χ3n) is 3.51. The van der Waals surface area contributed by atoms with Crippen molar-refractivity contribution in [2.24, 2.45) is 0 Å². The quantitative estimate of drug-likeness (QED) is 0.260. The van der Waals surface area contributed by atoms with Crippen LogP contribution in [0.4, 0.5) is 0 Å². The van der Waals surface area contributed by atoms with Crippen LogP contribution in [0.2, 0.25) is 0 Å². The van der Waals surface area contributed by atoms with Crippen LogP contribution in [-0.4, -0.2) is 11.8 Å². The highest BCUT2D eigenvalue weighted by Gasteiger charge is 2.04. The molecule has 0 aliphatic heterocycles. The smallest absolute Gasteiger partial charge is 0.336 e. The summed E-state index contributed by atoms with van der Waals surface area (Å²) < 4.78 is 5.24. The predicted molar refractivity (Wildman–Crippen MR) is 105 cm³/mol. The zero-order valence-corrected chi connectivity index (χ0v) is 14.7. The largest absolute Gasteiger partial charge is 0.423 e. The fourth-order valence-electron chi connectivity index (χ4n) is 2.21. The minimum Gasteiger partial charge on any atom is -0.423 e. The molecule has 26 heavy (non-hydrogen) atoms. The highest BCUT2D eigenvalue weighted by Crippen LogP contribution is 2.15. The first-order valence-corrected chi connectivity index (χ1v) is 8.89. The van der Waals surface area contributed by atoms with Crippen LogP contribution < -0.4 is 4.74 Å². The van der Waals surface area contributed by atoms with E-state index in [2.05, 4.69) is 0 Å². The standard InChI is InChI=1S/C22H16O3S/c23-21(14-13-20-7-4-16-26-20)18-9-11-19(12-10-18)25-22(24)15-8-17-5-2-1-3-6-17/h1-16H/b14-13+,15-8-. The molecule has 2 aromatic carbocycles. The maximum Gasteiger partial charge on any atom is 0.336 e. The summed E-state index contributed by atoms with van der Waals surface area (Å²) >= 11 is 1.57. The highest BCUT2D eigenvalue weighted by atomic mass is 32.1. The van der Waals surface area contributed by atoms with E-state index in [1.807, 2.05) is 47.8 Å². The van der Waals surface area contributed by atoms with Gasteiger partial charge in [0.05, 0.1) is 0 Å². The van der Waals surface area contributed by atoms with E-state index in [1.165, 1.54) is 12.2 Å². The molecule has 1 heterocycles. The number of carbonyl (C=O) groups excluding carboxylic acids is 2. The molecule has 0 unspecified atom stereocenters. The second-order valence-corrected chi connectivity index (χ2v) is 6.38. The van der Waals surface area contributed by atoms with Crippen molar-refractivity contribution in [3.63, 3.8) is 0 Å². The minimum absolute atomic E-state index is 0.0970. The SMILES string of the molecule is O=C(/C=C\c1ccccc1)Oc1ccc(C(=O)/C=C/c2cccs2)cc1. The van der Waals surface area contributed by atoms with E-state index in [-0.39, 0.29) is 5.78 Å². The van der Waals surface area contributed by atoms with Gasteiger partial charge in [0, 0.05) is 16.5 Å². The maximum atomic E-state index is 12.1. The lowest BCUT2D eigenvalue weighted by atomic mass is 10.1. The summed E-state index contributed by atoms with van der Waals surface area (Å²) in [5.74, 6) is -0.169. The Labute approximate surface area is 155 Å². The molecular weight excluding hydrogens is 344 g/mol. The second kappa shape index (κ2) is 8.74. The van der Waals surface area contributed by atoms with Crippen molar-refractivity contribution < 1.29 is 14.3 Å². The first kappa shape index (κ1) is 17.6. The number of carbonyl (C=O) groups is 2. The molecule has 0 fully saturated rings. The zero-order chi connectivity index (χ0) is 18.2. The number of allylic oxidation sites excluding steroid dienone is 1. The Bertz CT molecular complexity index is 921. The van der Waals surface area contributed by atoms with Gasteiger partial charge in [-0.05, 0) is 59.5 Å². The molecule has 0 bridgehead atoms. The molecule has 0 saturated heterocycles. The fraction of sp³-hybridized carbons (Fsp3) is 0. The van der Waals surface area contributed by atoms with Gasteiger partial charge in [0.15, 0.2) is 5.78 Å². The van der Waals surface area contributed by atoms with Crippen molar-refractivity contribution in [1.29, 1.82) is 0 Å². The zero-order valence-electron chi connectivity index (χ0n) is 13.9. The van der Waals surface area contributed by atoms with Crippen LogP contribution in [0, 0.1) is 0 Å². The normalized spacial score (nSPS) is 11.1. The van der Waals surface area contributed by atoms with Crippen LogP contribution in [0.5, 0.6) is 5.75 Å². The van der Waals surface area contributed by atoms with Crippen molar-refractivity contribution in [2.75, 3.05) is 0 Å². The summed E-state index contributed by atoms with van der Waals surface area (Å²) in [6.07, 6.45) is 6.39. The average molecular weight is 360 g/mol. The second-order valence-electron chi connectivity index (χ2n) is 5.40. The molecule has 128 valence electrons. The molecule has 1 aromatic heterocycles. The summed E-state index contributed by atoms with van der Waals surface area (Å²) in [6.45, 7) is 0. The molecule has 0 aliphatic carbocycles. The Morgan fingerprint density at radius 3 is 2.27 bits per heavy atom. The number of rotatable bonds is 6. The first-order chi connectivity index (χ1) is 12.7. The fourth-order valence-corrected chi connectivity index (χ4v) is 2.82. The lowest BCUT2D eigenvalue weighted by Gasteiger charge is -2.02. The Hall–Kier alpha value is -3.24. The van der Waals surface area contributed by atoms with Gasteiger partial charge in [-0.25, -0.2) is 4.79 Å². The Kier molecular flexibility index (Phi) is 5.91. The molecule has 0 N–H and O–H groups in total. The van der Waals surface area contributed by atoms with E-state index in [9.17, 15) is 9.59 Å². The number of ether oxygens (including phenoxy) is 1. The van der Waals surface area contributed by atoms with Crippen molar-refractivity contribution in [1.82, 2.24) is 0 Å². The number of thiophene rings is 1. The van der Waals surface area contributed by atoms with Crippen molar-refractivity contribution in [3.05, 3.63) is 100 Å². The lowest BCUT2D eigenvalue weighted by molar-refractivity contribution is -0.128. The van der Waals surface area contributed by atoms with Gasteiger partial charge in [-0.3, -0.25) is 4.79 Å². The molecule has 0 atom stereocenters. The monoisotopic (exact) mass is 360 g/mol. The van der Waals surface area contributed by atoms with Gasteiger partial charge >= 0.3 is 5.97 Å². The third kappa shape index (κ3) is 5.13. The van der Waals surface area contributed by atoms with Gasteiger partial charge in [-0.2, -0.15) is 0 Å². The molecule has 3 nitrogen and oxygen atoms in total. The molecule has 0 spiro atoms. The van der Waals surface area contributed by atoms with Crippen LogP contribution in [0.3, 0.4) is 0 Å². The van der Waals surface area contributed by atoms with Crippen LogP contribution >= 0.6 is 11.3 Å². The Morgan fingerprint density at radius 2 is 1.58 bits per heavy atom. The number of benzene rings is 2. The van der Waals surface area contributed by atoms with E-state index in [0.29, 0.717) is 11.3 Å². The Morgan fingerprint density at radius 1 is 0.808 bits per heavy atom. The molecule has 3 rings (SSSR count). The van der Waals surface area contributed by atoms with Crippen molar-refractivity contribution >= 4 is 35.2 Å². The number of hydrogen-bond donors (Lipinski definition) is 0. The van der Waals surface area contributed by atoms with E-state index < -0.39 is 5.97 Å². The highest BCUT2D eigenvalue weighted by molar-refractivity contribution is 7.10.